The van der Waals surface area contributed by atoms with E-state index in [2.05, 4.69) is 10.3 Å². The van der Waals surface area contributed by atoms with E-state index in [1.165, 1.54) is 12.1 Å². The number of aromatic nitrogens is 2. The van der Waals surface area contributed by atoms with Crippen molar-refractivity contribution in [2.75, 3.05) is 5.32 Å². The number of halogens is 1. The van der Waals surface area contributed by atoms with Gasteiger partial charge in [-0.2, -0.15) is 0 Å². The van der Waals surface area contributed by atoms with E-state index in [0.717, 1.165) is 11.1 Å². The van der Waals surface area contributed by atoms with Crippen LogP contribution in [0.25, 0.3) is 10.9 Å². The molecule has 0 fully saturated rings. The van der Waals surface area contributed by atoms with E-state index in [-0.39, 0.29) is 18.3 Å². The van der Waals surface area contributed by atoms with Crippen LogP contribution in [0.2, 0.25) is 0 Å². The second-order valence-corrected chi connectivity index (χ2v) is 4.86. The molecule has 0 spiro atoms. The monoisotopic (exact) mass is 283 g/mol. The molecule has 3 rings (SSSR count). The van der Waals surface area contributed by atoms with E-state index >= 15 is 0 Å². The number of aryl methyl sites for hydroxylation is 1. The third-order valence-electron chi connectivity index (χ3n) is 3.21. The molecule has 1 N–H and O–H groups in total. The van der Waals surface area contributed by atoms with Gasteiger partial charge in [-0.25, -0.2) is 9.37 Å². The van der Waals surface area contributed by atoms with E-state index in [1.807, 2.05) is 25.1 Å². The van der Waals surface area contributed by atoms with Crippen LogP contribution in [0.15, 0.2) is 48.7 Å². The van der Waals surface area contributed by atoms with Crippen LogP contribution in [-0.4, -0.2) is 15.5 Å². The summed E-state index contributed by atoms with van der Waals surface area (Å²) >= 11 is 0. The van der Waals surface area contributed by atoms with Gasteiger partial charge in [0.2, 0.25) is 5.91 Å². The van der Waals surface area contributed by atoms with Crippen LogP contribution in [0.1, 0.15) is 5.69 Å². The van der Waals surface area contributed by atoms with Gasteiger partial charge in [-0.05, 0) is 48.7 Å². The Kier molecular flexibility index (Phi) is 3.39. The zero-order valence-corrected chi connectivity index (χ0v) is 11.5. The van der Waals surface area contributed by atoms with Crippen molar-refractivity contribution in [3.8, 4) is 0 Å². The molecule has 0 aliphatic rings. The van der Waals surface area contributed by atoms with Gasteiger partial charge in [-0.15, -0.1) is 0 Å². The minimum atomic E-state index is -0.316. The highest BCUT2D eigenvalue weighted by Gasteiger charge is 2.08. The topological polar surface area (TPSA) is 46.9 Å². The van der Waals surface area contributed by atoms with Crippen LogP contribution >= 0.6 is 0 Å². The maximum atomic E-state index is 13.3. The highest BCUT2D eigenvalue weighted by atomic mass is 19.1. The molecule has 0 aliphatic carbocycles. The Morgan fingerprint density at radius 1 is 1.29 bits per heavy atom. The largest absolute Gasteiger partial charge is 0.338 e. The summed E-state index contributed by atoms with van der Waals surface area (Å²) in [5, 5.41) is 3.64. The average Bonchev–Trinajstić information content (AvgIpc) is 2.81. The lowest BCUT2D eigenvalue weighted by molar-refractivity contribution is -0.116. The maximum absolute atomic E-state index is 13.3. The Morgan fingerprint density at radius 2 is 2.14 bits per heavy atom. The summed E-state index contributed by atoms with van der Waals surface area (Å²) in [5.74, 6) is 0.000660. The lowest BCUT2D eigenvalue weighted by Crippen LogP contribution is -2.19. The van der Waals surface area contributed by atoms with Crippen molar-refractivity contribution in [2.24, 2.45) is 0 Å². The zero-order chi connectivity index (χ0) is 14.8. The molecule has 106 valence electrons. The van der Waals surface area contributed by atoms with Gasteiger partial charge in [-0.1, -0.05) is 6.07 Å². The number of nitrogens with zero attached hydrogens (tertiary/aromatic N) is 2. The summed E-state index contributed by atoms with van der Waals surface area (Å²) < 4.78 is 15.0. The first-order valence-electron chi connectivity index (χ1n) is 6.60. The molecule has 5 heteroatoms. The highest BCUT2D eigenvalue weighted by Crippen LogP contribution is 2.17. The predicted octanol–water partition coefficient (Wildman–Crippen LogP) is 3.12. The molecule has 0 saturated heterocycles. The van der Waals surface area contributed by atoms with Gasteiger partial charge in [0.25, 0.3) is 0 Å². The quantitative estimate of drug-likeness (QED) is 0.802. The Bertz CT molecular complexity index is 810. The lowest BCUT2D eigenvalue weighted by Gasteiger charge is -2.07. The normalized spacial score (nSPS) is 10.8. The first-order chi connectivity index (χ1) is 10.1. The Hall–Kier alpha value is -2.69. The van der Waals surface area contributed by atoms with Crippen LogP contribution in [0.4, 0.5) is 10.2 Å². The number of fused-ring (bicyclic) bond motifs is 1. The fourth-order valence-electron chi connectivity index (χ4n) is 2.24. The third-order valence-corrected chi connectivity index (χ3v) is 3.21. The number of rotatable bonds is 3. The highest BCUT2D eigenvalue weighted by molar-refractivity contribution is 5.91. The maximum Gasteiger partial charge on any atom is 0.245 e. The van der Waals surface area contributed by atoms with Crippen molar-refractivity contribution < 1.29 is 9.18 Å². The van der Waals surface area contributed by atoms with Gasteiger partial charge < -0.3 is 9.88 Å². The molecule has 0 atom stereocenters. The van der Waals surface area contributed by atoms with Crippen LogP contribution < -0.4 is 5.32 Å². The smallest absolute Gasteiger partial charge is 0.245 e. The summed E-state index contributed by atoms with van der Waals surface area (Å²) in [5.41, 5.74) is 1.53. The summed E-state index contributed by atoms with van der Waals surface area (Å²) in [4.78, 5) is 16.3. The van der Waals surface area contributed by atoms with Gasteiger partial charge in [-0.3, -0.25) is 4.79 Å². The summed E-state index contributed by atoms with van der Waals surface area (Å²) in [7, 11) is 0. The van der Waals surface area contributed by atoms with Crippen molar-refractivity contribution in [2.45, 2.75) is 13.5 Å². The SMILES string of the molecule is Cc1cccc(NC(=O)Cn2ccc3ccc(F)cc32)n1. The number of benzene rings is 1. The van der Waals surface area contributed by atoms with Gasteiger partial charge >= 0.3 is 0 Å². The minimum absolute atomic E-state index is 0.114. The van der Waals surface area contributed by atoms with Crippen LogP contribution in [0.5, 0.6) is 0 Å². The number of hydrogen-bond donors (Lipinski definition) is 1. The number of carbonyl (C=O) groups is 1. The standard InChI is InChI=1S/C16H14FN3O/c1-11-3-2-4-15(18-11)19-16(21)10-20-8-7-12-5-6-13(17)9-14(12)20/h2-9H,10H2,1H3,(H,18,19,21). The van der Waals surface area contributed by atoms with Crippen molar-refractivity contribution in [1.82, 2.24) is 9.55 Å². The lowest BCUT2D eigenvalue weighted by atomic mass is 10.2. The number of hydrogen-bond acceptors (Lipinski definition) is 2. The van der Waals surface area contributed by atoms with Crippen LogP contribution in [0, 0.1) is 12.7 Å². The molecule has 2 aromatic heterocycles. The molecule has 0 bridgehead atoms. The van der Waals surface area contributed by atoms with E-state index in [0.29, 0.717) is 11.3 Å². The van der Waals surface area contributed by atoms with Crippen LogP contribution in [-0.2, 0) is 11.3 Å². The fraction of sp³-hybridized carbons (Fsp3) is 0.125. The molecular formula is C16H14FN3O. The van der Waals surface area contributed by atoms with Crippen molar-refractivity contribution in [1.29, 1.82) is 0 Å². The third kappa shape index (κ3) is 2.91. The molecule has 1 aromatic carbocycles. The molecule has 0 aliphatic heterocycles. The summed E-state index contributed by atoms with van der Waals surface area (Å²) in [6.07, 6.45) is 1.77. The van der Waals surface area contributed by atoms with E-state index in [9.17, 15) is 9.18 Å². The van der Waals surface area contributed by atoms with Crippen molar-refractivity contribution in [3.63, 3.8) is 0 Å². The zero-order valence-electron chi connectivity index (χ0n) is 11.5. The predicted molar refractivity (Wildman–Crippen MR) is 79.5 cm³/mol. The van der Waals surface area contributed by atoms with Crippen LogP contribution in [0.3, 0.4) is 0 Å². The van der Waals surface area contributed by atoms with E-state index in [4.69, 9.17) is 0 Å². The molecule has 3 aromatic rings. The van der Waals surface area contributed by atoms with Crippen molar-refractivity contribution in [3.05, 3.63) is 60.2 Å². The Balaban J connectivity index is 1.79. The van der Waals surface area contributed by atoms with Gasteiger partial charge in [0.15, 0.2) is 0 Å². The molecule has 2 heterocycles. The van der Waals surface area contributed by atoms with Crippen molar-refractivity contribution >= 4 is 22.6 Å². The number of nitrogens with one attached hydrogen (secondary N) is 1. The molecule has 0 saturated carbocycles. The van der Waals surface area contributed by atoms with E-state index in [1.54, 1.807) is 22.9 Å². The molecule has 0 radical (unpaired) electrons. The molecule has 1 amide bonds. The van der Waals surface area contributed by atoms with Gasteiger partial charge in [0.1, 0.15) is 18.2 Å². The second-order valence-electron chi connectivity index (χ2n) is 4.86. The first-order valence-corrected chi connectivity index (χ1v) is 6.60. The minimum Gasteiger partial charge on any atom is -0.338 e. The molecule has 21 heavy (non-hydrogen) atoms. The molecule has 0 unspecified atom stereocenters. The number of anilines is 1. The fourth-order valence-corrected chi connectivity index (χ4v) is 2.24. The summed E-state index contributed by atoms with van der Waals surface area (Å²) in [6.45, 7) is 1.97. The molecule has 4 nitrogen and oxygen atoms in total. The molecular weight excluding hydrogens is 269 g/mol. The number of carbonyl (C=O) groups excluding carboxylic acids is 1. The first kappa shape index (κ1) is 13.3. The summed E-state index contributed by atoms with van der Waals surface area (Å²) in [6, 6.07) is 11.8. The number of pyridine rings is 1. The Morgan fingerprint density at radius 3 is 2.95 bits per heavy atom. The van der Waals surface area contributed by atoms with E-state index < -0.39 is 0 Å². The van der Waals surface area contributed by atoms with Gasteiger partial charge in [0.05, 0.1) is 5.52 Å². The average molecular weight is 283 g/mol. The second kappa shape index (κ2) is 5.36. The Labute approximate surface area is 121 Å². The van der Waals surface area contributed by atoms with Gasteiger partial charge in [0, 0.05) is 11.9 Å². The number of amides is 1.